The highest BCUT2D eigenvalue weighted by atomic mass is 16.3. The van der Waals surface area contributed by atoms with Gasteiger partial charge in [0.05, 0.1) is 5.69 Å². The van der Waals surface area contributed by atoms with Crippen molar-refractivity contribution in [1.29, 1.82) is 0 Å². The van der Waals surface area contributed by atoms with Gasteiger partial charge in [-0.1, -0.05) is 30.3 Å². The van der Waals surface area contributed by atoms with Gasteiger partial charge in [0.1, 0.15) is 0 Å². The Morgan fingerprint density at radius 3 is 2.36 bits per heavy atom. The van der Waals surface area contributed by atoms with E-state index in [2.05, 4.69) is 5.10 Å². The molecule has 3 heteroatoms. The van der Waals surface area contributed by atoms with Gasteiger partial charge in [-0.2, -0.15) is 5.10 Å². The molecule has 0 spiro atoms. The Morgan fingerprint density at radius 1 is 1.21 bits per heavy atom. The van der Waals surface area contributed by atoms with Crippen LogP contribution in [0.25, 0.3) is 11.3 Å². The molecule has 0 amide bonds. The Labute approximate surface area is 82.6 Å². The van der Waals surface area contributed by atoms with Crippen LogP contribution in [-0.4, -0.2) is 9.78 Å². The van der Waals surface area contributed by atoms with Crippen LogP contribution in [0.2, 0.25) is 0 Å². The molecule has 0 saturated heterocycles. The number of hydrogen-bond donors (Lipinski definition) is 0. The maximum absolute atomic E-state index is 11.5. The fraction of sp³-hybridized carbons (Fsp3) is 0.182. The van der Waals surface area contributed by atoms with Gasteiger partial charge in [0.25, 0.3) is 0 Å². The number of rotatable bonds is 1. The van der Waals surface area contributed by atoms with E-state index in [1.807, 2.05) is 30.3 Å². The van der Waals surface area contributed by atoms with Crippen LogP contribution in [0.4, 0.5) is 0 Å². The Kier molecular flexibility index (Phi) is 2.00. The second-order valence-corrected chi connectivity index (χ2v) is 3.27. The predicted molar refractivity (Wildman–Crippen MR) is 52.8 cm³/mol. The molecule has 3 nitrogen and oxygen atoms in total. The quantitative estimate of drug-likeness (QED) is 0.678. The van der Waals surface area contributed by atoms with E-state index in [9.17, 15) is 5.11 Å². The molecule has 0 atom stereocenters. The molecular weight excluding hydrogens is 176 g/mol. The number of aromatic nitrogens is 2. The molecule has 1 aromatic carbocycles. The third-order valence-corrected chi connectivity index (χ3v) is 2.27. The molecule has 1 aromatic heterocycles. The van der Waals surface area contributed by atoms with Gasteiger partial charge >= 0.3 is 0 Å². The van der Waals surface area contributed by atoms with E-state index in [-0.39, 0.29) is 5.88 Å². The lowest BCUT2D eigenvalue weighted by atomic mass is 10.1. The molecular formula is C11H11N2O-. The summed E-state index contributed by atoms with van der Waals surface area (Å²) in [5.74, 6) is -0.0242. The molecule has 1 heterocycles. The van der Waals surface area contributed by atoms with Crippen molar-refractivity contribution in [2.75, 3.05) is 0 Å². The summed E-state index contributed by atoms with van der Waals surface area (Å²) in [5.41, 5.74) is 2.47. The minimum absolute atomic E-state index is 0.0242. The third-order valence-electron chi connectivity index (χ3n) is 2.27. The first kappa shape index (κ1) is 8.81. The number of hydrogen-bond acceptors (Lipinski definition) is 2. The first-order chi connectivity index (χ1) is 6.70. The smallest absolute Gasteiger partial charge is 0.0945 e. The summed E-state index contributed by atoms with van der Waals surface area (Å²) >= 11 is 0. The zero-order valence-corrected chi connectivity index (χ0v) is 8.19. The molecule has 0 aliphatic rings. The molecule has 0 bridgehead atoms. The summed E-state index contributed by atoms with van der Waals surface area (Å²) in [6.45, 7) is 1.80. The predicted octanol–water partition coefficient (Wildman–Crippen LogP) is 1.47. The minimum Gasteiger partial charge on any atom is -0.859 e. The second-order valence-electron chi connectivity index (χ2n) is 3.27. The molecule has 0 fully saturated rings. The molecule has 0 saturated carbocycles. The van der Waals surface area contributed by atoms with Crippen molar-refractivity contribution in [2.24, 2.45) is 7.05 Å². The summed E-state index contributed by atoms with van der Waals surface area (Å²) in [5, 5.41) is 15.6. The molecule has 0 N–H and O–H groups in total. The Balaban J connectivity index is 2.58. The third kappa shape index (κ3) is 1.27. The first-order valence-electron chi connectivity index (χ1n) is 4.46. The lowest BCUT2D eigenvalue weighted by Gasteiger charge is -2.05. The van der Waals surface area contributed by atoms with Crippen LogP contribution < -0.4 is 5.11 Å². The van der Waals surface area contributed by atoms with E-state index in [1.165, 1.54) is 4.68 Å². The van der Waals surface area contributed by atoms with Crippen LogP contribution in [0.5, 0.6) is 5.88 Å². The van der Waals surface area contributed by atoms with Crippen molar-refractivity contribution in [1.82, 2.24) is 9.78 Å². The van der Waals surface area contributed by atoms with Crippen LogP contribution in [0.1, 0.15) is 5.56 Å². The lowest BCUT2D eigenvalue weighted by molar-refractivity contribution is -0.280. The highest BCUT2D eigenvalue weighted by Gasteiger charge is 2.06. The number of aryl methyl sites for hydroxylation is 1. The maximum atomic E-state index is 11.5. The highest BCUT2D eigenvalue weighted by molar-refractivity contribution is 5.64. The maximum Gasteiger partial charge on any atom is 0.0945 e. The van der Waals surface area contributed by atoms with Crippen LogP contribution >= 0.6 is 0 Å². The SMILES string of the molecule is Cc1c(-c2ccccc2)nn(C)c1[O-]. The molecule has 0 aliphatic carbocycles. The second kappa shape index (κ2) is 3.18. The van der Waals surface area contributed by atoms with Gasteiger partial charge in [-0.15, -0.1) is 0 Å². The van der Waals surface area contributed by atoms with Crippen molar-refractivity contribution < 1.29 is 5.11 Å². The van der Waals surface area contributed by atoms with E-state index >= 15 is 0 Å². The van der Waals surface area contributed by atoms with Crippen LogP contribution in [0, 0.1) is 6.92 Å². The van der Waals surface area contributed by atoms with E-state index in [1.54, 1.807) is 14.0 Å². The summed E-state index contributed by atoms with van der Waals surface area (Å²) in [6, 6.07) is 9.73. The zero-order chi connectivity index (χ0) is 10.1. The van der Waals surface area contributed by atoms with Crippen LogP contribution in [0.3, 0.4) is 0 Å². The monoisotopic (exact) mass is 187 g/mol. The average molecular weight is 187 g/mol. The fourth-order valence-corrected chi connectivity index (χ4v) is 1.48. The molecule has 2 rings (SSSR count). The summed E-state index contributed by atoms with van der Waals surface area (Å²) in [6.07, 6.45) is 0. The zero-order valence-electron chi connectivity index (χ0n) is 8.19. The topological polar surface area (TPSA) is 40.9 Å². The van der Waals surface area contributed by atoms with E-state index in [0.29, 0.717) is 5.56 Å². The fourth-order valence-electron chi connectivity index (χ4n) is 1.48. The van der Waals surface area contributed by atoms with Gasteiger partial charge in [-0.25, -0.2) is 0 Å². The van der Waals surface area contributed by atoms with Gasteiger partial charge in [-0.3, -0.25) is 4.68 Å². The normalized spacial score (nSPS) is 10.4. The Bertz CT molecular complexity index is 446. The highest BCUT2D eigenvalue weighted by Crippen LogP contribution is 2.25. The first-order valence-corrected chi connectivity index (χ1v) is 4.46. The summed E-state index contributed by atoms with van der Waals surface area (Å²) in [7, 11) is 1.67. The Hall–Kier alpha value is -1.77. The van der Waals surface area contributed by atoms with Gasteiger partial charge in [0.2, 0.25) is 0 Å². The van der Waals surface area contributed by atoms with E-state index in [0.717, 1.165) is 11.3 Å². The van der Waals surface area contributed by atoms with Crippen molar-refractivity contribution in [3.05, 3.63) is 35.9 Å². The number of benzene rings is 1. The average Bonchev–Trinajstić information content (AvgIpc) is 2.47. The lowest BCUT2D eigenvalue weighted by Crippen LogP contribution is -2.00. The summed E-state index contributed by atoms with van der Waals surface area (Å²) in [4.78, 5) is 0. The molecule has 0 aliphatic heterocycles. The number of nitrogens with zero attached hydrogens (tertiary/aromatic N) is 2. The van der Waals surface area contributed by atoms with Crippen molar-refractivity contribution in [3.8, 4) is 17.1 Å². The van der Waals surface area contributed by atoms with Gasteiger partial charge in [-0.05, 0) is 18.4 Å². The molecule has 2 aromatic rings. The largest absolute Gasteiger partial charge is 0.859 e. The standard InChI is InChI=1S/C11H12N2O/c1-8-10(12-13(2)11(8)14)9-6-4-3-5-7-9/h3-7,14H,1-2H3/p-1. The summed E-state index contributed by atoms with van der Waals surface area (Å²) < 4.78 is 1.37. The van der Waals surface area contributed by atoms with Crippen molar-refractivity contribution in [3.63, 3.8) is 0 Å². The van der Waals surface area contributed by atoms with Crippen molar-refractivity contribution in [2.45, 2.75) is 6.92 Å². The minimum atomic E-state index is -0.0242. The molecule has 14 heavy (non-hydrogen) atoms. The Morgan fingerprint density at radius 2 is 1.86 bits per heavy atom. The van der Waals surface area contributed by atoms with Gasteiger partial charge in [0, 0.05) is 12.6 Å². The molecule has 0 radical (unpaired) electrons. The van der Waals surface area contributed by atoms with Gasteiger partial charge in [0.15, 0.2) is 0 Å². The molecule has 72 valence electrons. The van der Waals surface area contributed by atoms with E-state index in [4.69, 9.17) is 0 Å². The van der Waals surface area contributed by atoms with Gasteiger partial charge < -0.3 is 5.11 Å². The van der Waals surface area contributed by atoms with E-state index < -0.39 is 0 Å². The van der Waals surface area contributed by atoms with Crippen LogP contribution in [0.15, 0.2) is 30.3 Å². The van der Waals surface area contributed by atoms with Crippen LogP contribution in [-0.2, 0) is 7.05 Å². The molecule has 0 unspecified atom stereocenters. The van der Waals surface area contributed by atoms with Crippen molar-refractivity contribution >= 4 is 0 Å².